The fourth-order valence-electron chi connectivity index (χ4n) is 1.56. The lowest BCUT2D eigenvalue weighted by molar-refractivity contribution is 0.102. The van der Waals surface area contributed by atoms with E-state index in [0.29, 0.717) is 21.3 Å². The van der Waals surface area contributed by atoms with E-state index in [2.05, 4.69) is 10.4 Å². The van der Waals surface area contributed by atoms with E-state index in [1.165, 1.54) is 11.8 Å². The van der Waals surface area contributed by atoms with Crippen LogP contribution in [0.3, 0.4) is 0 Å². The van der Waals surface area contributed by atoms with Crippen molar-refractivity contribution >= 4 is 34.8 Å². The molecule has 1 aromatic heterocycles. The normalized spacial score (nSPS) is 10.3. The van der Waals surface area contributed by atoms with Gasteiger partial charge in [-0.05, 0) is 18.2 Å². The first kappa shape index (κ1) is 13.7. The summed E-state index contributed by atoms with van der Waals surface area (Å²) < 4.78 is 6.52. The zero-order valence-corrected chi connectivity index (χ0v) is 11.8. The number of nitrogens with one attached hydrogen (secondary N) is 1. The zero-order valence-electron chi connectivity index (χ0n) is 10.3. The Morgan fingerprint density at radius 2 is 2.16 bits per heavy atom. The average molecular weight is 300 g/mol. The van der Waals surface area contributed by atoms with E-state index in [9.17, 15) is 4.79 Å². The molecule has 19 heavy (non-hydrogen) atoms. The highest BCUT2D eigenvalue weighted by Gasteiger charge is 2.17. The number of rotatable bonds is 3. The summed E-state index contributed by atoms with van der Waals surface area (Å²) in [5.74, 6) is -0.0979. The maximum Gasteiger partial charge on any atom is 0.262 e. The Kier molecular flexibility index (Phi) is 3.97. The highest BCUT2D eigenvalue weighted by atomic mass is 35.5. The number of carbonyl (C=O) groups is 1. The van der Waals surface area contributed by atoms with E-state index in [1.807, 2.05) is 0 Å². The van der Waals surface area contributed by atoms with Crippen molar-refractivity contribution in [2.24, 2.45) is 7.05 Å². The maximum atomic E-state index is 12.1. The number of benzene rings is 1. The maximum absolute atomic E-state index is 12.1. The highest BCUT2D eigenvalue weighted by molar-refractivity contribution is 6.36. The Bertz CT molecular complexity index is 625. The van der Waals surface area contributed by atoms with Crippen LogP contribution in [0, 0.1) is 0 Å². The summed E-state index contributed by atoms with van der Waals surface area (Å²) in [5, 5.41) is 7.55. The lowest BCUT2D eigenvalue weighted by Crippen LogP contribution is -2.12. The second-order valence-corrected chi connectivity index (χ2v) is 4.65. The SMILES string of the molecule is COc1nn(C)cc1C(=O)Nc1ccc(Cl)cc1Cl. The fraction of sp³-hybridized carbons (Fsp3) is 0.167. The predicted molar refractivity (Wildman–Crippen MR) is 74.2 cm³/mol. The summed E-state index contributed by atoms with van der Waals surface area (Å²) in [4.78, 5) is 12.1. The molecule has 1 aromatic carbocycles. The molecule has 1 N–H and O–H groups in total. The van der Waals surface area contributed by atoms with Gasteiger partial charge in [-0.1, -0.05) is 23.2 Å². The molecule has 7 heteroatoms. The molecule has 0 saturated heterocycles. The van der Waals surface area contributed by atoms with Crippen molar-refractivity contribution in [1.82, 2.24) is 9.78 Å². The second-order valence-electron chi connectivity index (χ2n) is 3.80. The number of hydrogen-bond donors (Lipinski definition) is 1. The molecule has 5 nitrogen and oxygen atoms in total. The van der Waals surface area contributed by atoms with Crippen LogP contribution in [-0.2, 0) is 7.05 Å². The first-order valence-electron chi connectivity index (χ1n) is 5.35. The lowest BCUT2D eigenvalue weighted by Gasteiger charge is -2.07. The smallest absolute Gasteiger partial charge is 0.262 e. The second kappa shape index (κ2) is 5.50. The average Bonchev–Trinajstić information content (AvgIpc) is 2.74. The number of ether oxygens (including phenoxy) is 1. The first-order chi connectivity index (χ1) is 9.01. The van der Waals surface area contributed by atoms with Gasteiger partial charge in [-0.2, -0.15) is 0 Å². The molecule has 0 unspecified atom stereocenters. The number of methoxy groups -OCH3 is 1. The van der Waals surface area contributed by atoms with Gasteiger partial charge in [-0.25, -0.2) is 0 Å². The predicted octanol–water partition coefficient (Wildman–Crippen LogP) is 2.99. The molecule has 0 spiro atoms. The molecule has 1 heterocycles. The summed E-state index contributed by atoms with van der Waals surface area (Å²) in [6, 6.07) is 4.83. The lowest BCUT2D eigenvalue weighted by atomic mass is 10.2. The van der Waals surface area contributed by atoms with E-state index < -0.39 is 0 Å². The molecule has 0 fully saturated rings. The third kappa shape index (κ3) is 3.00. The summed E-state index contributed by atoms with van der Waals surface area (Å²) in [6.07, 6.45) is 1.57. The minimum atomic E-state index is -0.353. The van der Waals surface area contributed by atoms with Crippen molar-refractivity contribution < 1.29 is 9.53 Å². The largest absolute Gasteiger partial charge is 0.479 e. The number of carbonyl (C=O) groups excluding carboxylic acids is 1. The zero-order chi connectivity index (χ0) is 14.0. The first-order valence-corrected chi connectivity index (χ1v) is 6.11. The number of hydrogen-bond acceptors (Lipinski definition) is 3. The molecule has 0 bridgehead atoms. The molecule has 0 aliphatic carbocycles. The Balaban J connectivity index is 2.25. The van der Waals surface area contributed by atoms with Crippen molar-refractivity contribution in [3.05, 3.63) is 40.0 Å². The van der Waals surface area contributed by atoms with E-state index in [1.54, 1.807) is 31.4 Å². The van der Waals surface area contributed by atoms with Crippen molar-refractivity contribution in [1.29, 1.82) is 0 Å². The van der Waals surface area contributed by atoms with Crippen LogP contribution in [0.1, 0.15) is 10.4 Å². The molecule has 0 radical (unpaired) electrons. The summed E-state index contributed by atoms with van der Waals surface area (Å²) in [7, 11) is 3.16. The van der Waals surface area contributed by atoms with Gasteiger partial charge in [-0.3, -0.25) is 9.48 Å². The molecular formula is C12H11Cl2N3O2. The monoisotopic (exact) mass is 299 g/mol. The molecule has 0 aliphatic heterocycles. The van der Waals surface area contributed by atoms with Crippen LogP contribution in [-0.4, -0.2) is 22.8 Å². The molecule has 1 amide bonds. The van der Waals surface area contributed by atoms with Gasteiger partial charge in [0.15, 0.2) is 0 Å². The van der Waals surface area contributed by atoms with Crippen LogP contribution in [0.4, 0.5) is 5.69 Å². The Hall–Kier alpha value is -1.72. The fourth-order valence-corrected chi connectivity index (χ4v) is 2.01. The van der Waals surface area contributed by atoms with Crippen LogP contribution < -0.4 is 10.1 Å². The van der Waals surface area contributed by atoms with E-state index in [0.717, 1.165) is 0 Å². The molecule has 2 rings (SSSR count). The van der Waals surface area contributed by atoms with Crippen molar-refractivity contribution in [2.45, 2.75) is 0 Å². The van der Waals surface area contributed by atoms with Gasteiger partial charge in [0.1, 0.15) is 5.56 Å². The Morgan fingerprint density at radius 1 is 1.42 bits per heavy atom. The van der Waals surface area contributed by atoms with Crippen molar-refractivity contribution in [3.63, 3.8) is 0 Å². The number of anilines is 1. The highest BCUT2D eigenvalue weighted by Crippen LogP contribution is 2.26. The van der Waals surface area contributed by atoms with Crippen LogP contribution in [0.15, 0.2) is 24.4 Å². The Morgan fingerprint density at radius 3 is 2.79 bits per heavy atom. The van der Waals surface area contributed by atoms with Gasteiger partial charge >= 0.3 is 0 Å². The summed E-state index contributed by atoms with van der Waals surface area (Å²) >= 11 is 11.8. The quantitative estimate of drug-likeness (QED) is 0.948. The minimum absolute atomic E-state index is 0.255. The third-order valence-electron chi connectivity index (χ3n) is 2.41. The van der Waals surface area contributed by atoms with Crippen LogP contribution >= 0.6 is 23.2 Å². The minimum Gasteiger partial charge on any atom is -0.479 e. The molecule has 100 valence electrons. The van der Waals surface area contributed by atoms with Crippen LogP contribution in [0.2, 0.25) is 10.0 Å². The molecule has 0 aliphatic rings. The van der Waals surface area contributed by atoms with Crippen molar-refractivity contribution in [3.8, 4) is 5.88 Å². The standard InChI is InChI=1S/C12H11Cl2N3O2/c1-17-6-8(12(16-17)19-2)11(18)15-10-4-3-7(13)5-9(10)14/h3-6H,1-2H3,(H,15,18). The molecule has 0 saturated carbocycles. The van der Waals surface area contributed by atoms with Gasteiger partial charge < -0.3 is 10.1 Å². The van der Waals surface area contributed by atoms with E-state index in [4.69, 9.17) is 27.9 Å². The molecule has 2 aromatic rings. The molecule has 0 atom stereocenters. The van der Waals surface area contributed by atoms with Gasteiger partial charge in [0.05, 0.1) is 17.8 Å². The molecular weight excluding hydrogens is 289 g/mol. The van der Waals surface area contributed by atoms with Gasteiger partial charge in [0.2, 0.25) is 5.88 Å². The van der Waals surface area contributed by atoms with Crippen LogP contribution in [0.25, 0.3) is 0 Å². The number of halogens is 2. The van der Waals surface area contributed by atoms with Gasteiger partial charge in [0.25, 0.3) is 5.91 Å². The number of aryl methyl sites for hydroxylation is 1. The van der Waals surface area contributed by atoms with E-state index >= 15 is 0 Å². The van der Waals surface area contributed by atoms with Gasteiger partial charge in [0, 0.05) is 18.3 Å². The van der Waals surface area contributed by atoms with Gasteiger partial charge in [-0.15, -0.1) is 5.10 Å². The third-order valence-corrected chi connectivity index (χ3v) is 2.96. The van der Waals surface area contributed by atoms with Crippen molar-refractivity contribution in [2.75, 3.05) is 12.4 Å². The number of amides is 1. The number of aromatic nitrogens is 2. The van der Waals surface area contributed by atoms with E-state index in [-0.39, 0.29) is 11.8 Å². The topological polar surface area (TPSA) is 56.2 Å². The summed E-state index contributed by atoms with van der Waals surface area (Å²) in [5.41, 5.74) is 0.804. The number of nitrogens with zero attached hydrogens (tertiary/aromatic N) is 2. The summed E-state index contributed by atoms with van der Waals surface area (Å²) in [6.45, 7) is 0. The van der Waals surface area contributed by atoms with Crippen LogP contribution in [0.5, 0.6) is 5.88 Å². The Labute approximate surface area is 120 Å².